The van der Waals surface area contributed by atoms with Crippen LogP contribution < -0.4 is 0 Å². The van der Waals surface area contributed by atoms with Gasteiger partial charge in [-0.3, -0.25) is 9.59 Å². The summed E-state index contributed by atoms with van der Waals surface area (Å²) >= 11 is 0. The topological polar surface area (TPSA) is 68.6 Å². The molecule has 1 aromatic heterocycles. The summed E-state index contributed by atoms with van der Waals surface area (Å²) in [4.78, 5) is 40.8. The summed E-state index contributed by atoms with van der Waals surface area (Å²) in [5, 5.41) is 0. The number of methoxy groups -OCH3 is 1. The first-order valence-electron chi connectivity index (χ1n) is 10.9. The number of hydrogen-bond donors (Lipinski definition) is 0. The molecule has 0 radical (unpaired) electrons. The number of benzene rings is 1. The van der Waals surface area contributed by atoms with E-state index in [1.54, 1.807) is 30.4 Å². The molecule has 0 spiro atoms. The number of ether oxygens (including phenoxy) is 1. The molecule has 31 heavy (non-hydrogen) atoms. The quantitative estimate of drug-likeness (QED) is 0.474. The molecule has 0 aliphatic heterocycles. The smallest absolute Gasteiger partial charge is 0.354 e. The number of ketones is 1. The van der Waals surface area contributed by atoms with Gasteiger partial charge in [-0.05, 0) is 50.7 Å². The number of esters is 1. The second-order valence-electron chi connectivity index (χ2n) is 8.42. The van der Waals surface area contributed by atoms with E-state index < -0.39 is 12.0 Å². The van der Waals surface area contributed by atoms with E-state index in [-0.39, 0.29) is 23.5 Å². The zero-order chi connectivity index (χ0) is 22.9. The Morgan fingerprint density at radius 3 is 2.42 bits per heavy atom. The molecule has 1 heterocycles. The van der Waals surface area contributed by atoms with E-state index in [1.807, 2.05) is 32.0 Å². The first-order chi connectivity index (χ1) is 14.7. The van der Waals surface area contributed by atoms with E-state index in [2.05, 4.69) is 12.1 Å². The average Bonchev–Trinajstić information content (AvgIpc) is 3.54. The molecule has 6 heteroatoms. The van der Waals surface area contributed by atoms with E-state index in [9.17, 15) is 14.4 Å². The first-order valence-corrected chi connectivity index (χ1v) is 10.9. The molecule has 2 aromatic rings. The average molecular weight is 425 g/mol. The van der Waals surface area contributed by atoms with Crippen LogP contribution in [0.1, 0.15) is 70.3 Å². The molecule has 1 fully saturated rings. The van der Waals surface area contributed by atoms with Crippen LogP contribution in [0.4, 0.5) is 0 Å². The monoisotopic (exact) mass is 424 g/mol. The summed E-state index contributed by atoms with van der Waals surface area (Å²) in [5.74, 6) is -0.426. The van der Waals surface area contributed by atoms with E-state index >= 15 is 0 Å². The molecule has 1 aliphatic rings. The number of amides is 1. The Kier molecular flexibility index (Phi) is 6.68. The van der Waals surface area contributed by atoms with Gasteiger partial charge in [0, 0.05) is 30.8 Å². The Labute approximate surface area is 184 Å². The summed E-state index contributed by atoms with van der Waals surface area (Å²) in [7, 11) is 3.08. The highest BCUT2D eigenvalue weighted by molar-refractivity contribution is 6.06. The molecule has 3 atom stereocenters. The molecule has 1 aromatic carbocycles. The zero-order valence-electron chi connectivity index (χ0n) is 19.3. The fourth-order valence-corrected chi connectivity index (χ4v) is 4.56. The lowest BCUT2D eigenvalue weighted by Gasteiger charge is -2.28. The lowest BCUT2D eigenvalue weighted by molar-refractivity contribution is -0.134. The Balaban J connectivity index is 1.86. The number of Topliss-reactive ketones (excluding diaryl/α,β-unsaturated/α-hetero) is 1. The molecule has 3 rings (SSSR count). The molecule has 1 saturated carbocycles. The Morgan fingerprint density at radius 1 is 1.19 bits per heavy atom. The van der Waals surface area contributed by atoms with Crippen molar-refractivity contribution in [1.29, 1.82) is 0 Å². The van der Waals surface area contributed by atoms with Crippen molar-refractivity contribution in [1.82, 2.24) is 9.47 Å². The summed E-state index contributed by atoms with van der Waals surface area (Å²) in [6.07, 6.45) is 1.59. The van der Waals surface area contributed by atoms with Crippen molar-refractivity contribution in [3.05, 3.63) is 58.4 Å². The Bertz CT molecular complexity index is 993. The molecule has 1 amide bonds. The van der Waals surface area contributed by atoms with Gasteiger partial charge in [-0.2, -0.15) is 0 Å². The minimum absolute atomic E-state index is 0.0379. The highest BCUT2D eigenvalue weighted by Gasteiger charge is 2.47. The van der Waals surface area contributed by atoms with Crippen molar-refractivity contribution in [3.63, 3.8) is 0 Å². The number of rotatable bonds is 8. The van der Waals surface area contributed by atoms with Gasteiger partial charge in [-0.15, -0.1) is 0 Å². The van der Waals surface area contributed by atoms with Crippen LogP contribution >= 0.6 is 0 Å². The van der Waals surface area contributed by atoms with Crippen molar-refractivity contribution in [2.45, 2.75) is 52.5 Å². The summed E-state index contributed by atoms with van der Waals surface area (Å²) < 4.78 is 6.58. The van der Waals surface area contributed by atoms with Crippen LogP contribution in [0.3, 0.4) is 0 Å². The Morgan fingerprint density at radius 2 is 1.84 bits per heavy atom. The van der Waals surface area contributed by atoms with E-state index in [1.165, 1.54) is 12.7 Å². The van der Waals surface area contributed by atoms with Crippen LogP contribution in [0.25, 0.3) is 0 Å². The van der Waals surface area contributed by atoms with Gasteiger partial charge in [0.15, 0.2) is 5.78 Å². The fourth-order valence-electron chi connectivity index (χ4n) is 4.56. The minimum atomic E-state index is -0.602. The highest BCUT2D eigenvalue weighted by Crippen LogP contribution is 2.48. The van der Waals surface area contributed by atoms with Crippen molar-refractivity contribution >= 4 is 17.7 Å². The standard InChI is InChI=1S/C25H32N2O4/c1-7-13-27(24(29)20-14-19(20)18-11-9-8-10-12-18)17(4)23(28)21-15(2)22(25(30)31-6)26(5)16(21)3/h8-12,17,19-20H,7,13-14H2,1-6H3/t17-,19+,20-/m1/s1. The van der Waals surface area contributed by atoms with Gasteiger partial charge in [-0.25, -0.2) is 4.79 Å². The van der Waals surface area contributed by atoms with Gasteiger partial charge in [-0.1, -0.05) is 37.3 Å². The lowest BCUT2D eigenvalue weighted by atomic mass is 9.99. The highest BCUT2D eigenvalue weighted by atomic mass is 16.5. The molecule has 0 bridgehead atoms. The lowest BCUT2D eigenvalue weighted by Crippen LogP contribution is -2.45. The zero-order valence-corrected chi connectivity index (χ0v) is 19.3. The first kappa shape index (κ1) is 22.8. The third-order valence-electron chi connectivity index (χ3n) is 6.49. The summed E-state index contributed by atoms with van der Waals surface area (Å²) in [6.45, 7) is 7.90. The fraction of sp³-hybridized carbons (Fsp3) is 0.480. The van der Waals surface area contributed by atoms with Crippen LogP contribution in [0, 0.1) is 19.8 Å². The van der Waals surface area contributed by atoms with Crippen molar-refractivity contribution in [2.75, 3.05) is 13.7 Å². The van der Waals surface area contributed by atoms with Crippen molar-refractivity contribution < 1.29 is 19.1 Å². The maximum absolute atomic E-state index is 13.5. The van der Waals surface area contributed by atoms with Crippen LogP contribution in [0.15, 0.2) is 30.3 Å². The largest absolute Gasteiger partial charge is 0.464 e. The predicted octanol–water partition coefficient (Wildman–Crippen LogP) is 4.04. The molecule has 6 nitrogen and oxygen atoms in total. The van der Waals surface area contributed by atoms with Crippen molar-refractivity contribution in [3.8, 4) is 0 Å². The molecule has 1 aliphatic carbocycles. The van der Waals surface area contributed by atoms with Crippen molar-refractivity contribution in [2.24, 2.45) is 13.0 Å². The van der Waals surface area contributed by atoms with E-state index in [0.29, 0.717) is 29.1 Å². The van der Waals surface area contributed by atoms with Gasteiger partial charge in [0.1, 0.15) is 5.69 Å². The summed E-state index contributed by atoms with van der Waals surface area (Å²) in [6, 6.07) is 9.47. The molecular weight excluding hydrogens is 392 g/mol. The van der Waals surface area contributed by atoms with Gasteiger partial charge in [0.25, 0.3) is 0 Å². The molecule has 0 saturated heterocycles. The number of nitrogens with zero attached hydrogens (tertiary/aromatic N) is 2. The third kappa shape index (κ3) is 4.16. The number of aromatic nitrogens is 1. The third-order valence-corrected chi connectivity index (χ3v) is 6.49. The number of carbonyl (C=O) groups excluding carboxylic acids is 3. The van der Waals surface area contributed by atoms with Crippen LogP contribution in [-0.2, 0) is 16.6 Å². The van der Waals surface area contributed by atoms with Crippen LogP contribution in [-0.4, -0.2) is 46.8 Å². The molecular formula is C25H32N2O4. The normalized spacial score (nSPS) is 18.4. The minimum Gasteiger partial charge on any atom is -0.464 e. The van der Waals surface area contributed by atoms with Gasteiger partial charge in [0.2, 0.25) is 5.91 Å². The van der Waals surface area contributed by atoms with Crippen LogP contribution in [0.2, 0.25) is 0 Å². The van der Waals surface area contributed by atoms with Gasteiger partial charge in [0.05, 0.1) is 13.2 Å². The second kappa shape index (κ2) is 9.08. The Hall–Kier alpha value is -2.89. The van der Waals surface area contributed by atoms with E-state index in [0.717, 1.165) is 12.8 Å². The van der Waals surface area contributed by atoms with Crippen LogP contribution in [0.5, 0.6) is 0 Å². The van der Waals surface area contributed by atoms with E-state index in [4.69, 9.17) is 4.74 Å². The molecule has 166 valence electrons. The molecule has 0 N–H and O–H groups in total. The summed E-state index contributed by atoms with van der Waals surface area (Å²) in [5.41, 5.74) is 3.34. The van der Waals surface area contributed by atoms with Gasteiger partial charge >= 0.3 is 5.97 Å². The SMILES string of the molecule is CCCN(C(=O)[C@@H]1C[C@H]1c1ccccc1)[C@H](C)C(=O)c1c(C)c(C(=O)OC)n(C)c1C. The second-order valence-corrected chi connectivity index (χ2v) is 8.42. The maximum atomic E-state index is 13.5. The molecule has 0 unspecified atom stereocenters. The maximum Gasteiger partial charge on any atom is 0.354 e. The predicted molar refractivity (Wildman–Crippen MR) is 119 cm³/mol. The number of hydrogen-bond acceptors (Lipinski definition) is 4. The number of carbonyl (C=O) groups is 3. The van der Waals surface area contributed by atoms with Gasteiger partial charge < -0.3 is 14.2 Å².